The first-order valence-corrected chi connectivity index (χ1v) is 10.5. The Morgan fingerprint density at radius 1 is 0.667 bits per heavy atom. The Hall–Kier alpha value is -2.82. The Morgan fingerprint density at radius 2 is 1.20 bits per heavy atom. The number of fused-ring (bicyclic) bond motifs is 1. The molecule has 3 aromatic carbocycles. The zero-order valence-electron chi connectivity index (χ0n) is 17.9. The summed E-state index contributed by atoms with van der Waals surface area (Å²) in [4.78, 5) is 0. The molecule has 150 valence electrons. The molecule has 1 aromatic heterocycles. The highest BCUT2D eigenvalue weighted by atomic mass is 16.7. The van der Waals surface area contributed by atoms with Gasteiger partial charge in [0, 0.05) is 16.5 Å². The second-order valence-corrected chi connectivity index (χ2v) is 8.90. The van der Waals surface area contributed by atoms with E-state index in [2.05, 4.69) is 105 Å². The fourth-order valence-corrected chi connectivity index (χ4v) is 4.19. The molecule has 0 aliphatic carbocycles. The molecular formula is C26H26BNO2. The molecule has 1 aliphatic rings. The summed E-state index contributed by atoms with van der Waals surface area (Å²) in [6, 6.07) is 29.5. The summed E-state index contributed by atoms with van der Waals surface area (Å²) in [7, 11) is -0.444. The van der Waals surface area contributed by atoms with Crippen molar-refractivity contribution in [3.8, 4) is 16.9 Å². The Labute approximate surface area is 178 Å². The molecule has 4 aromatic rings. The third-order valence-electron chi connectivity index (χ3n) is 6.46. The van der Waals surface area contributed by atoms with E-state index >= 15 is 0 Å². The normalized spacial score (nSPS) is 17.5. The molecule has 4 heteroatoms. The Bertz CT molecular complexity index is 1180. The predicted molar refractivity (Wildman–Crippen MR) is 124 cm³/mol. The number of aromatic nitrogens is 1. The average molecular weight is 395 g/mol. The molecule has 1 saturated heterocycles. The van der Waals surface area contributed by atoms with Crippen LogP contribution in [0.4, 0.5) is 0 Å². The lowest BCUT2D eigenvalue weighted by Gasteiger charge is -2.32. The van der Waals surface area contributed by atoms with Gasteiger partial charge in [0.15, 0.2) is 0 Å². The van der Waals surface area contributed by atoms with Crippen LogP contribution in [-0.4, -0.2) is 22.9 Å². The second kappa shape index (κ2) is 6.87. The minimum Gasteiger partial charge on any atom is -0.399 e. The molecule has 0 radical (unpaired) electrons. The fourth-order valence-electron chi connectivity index (χ4n) is 4.19. The molecule has 1 aliphatic heterocycles. The van der Waals surface area contributed by atoms with Gasteiger partial charge in [0.25, 0.3) is 0 Å². The van der Waals surface area contributed by atoms with E-state index in [1.54, 1.807) is 0 Å². The van der Waals surface area contributed by atoms with Gasteiger partial charge in [0.2, 0.25) is 0 Å². The van der Waals surface area contributed by atoms with Crippen LogP contribution in [0.3, 0.4) is 0 Å². The number of nitrogens with zero attached hydrogens (tertiary/aromatic N) is 1. The van der Waals surface area contributed by atoms with Crippen LogP contribution >= 0.6 is 0 Å². The average Bonchev–Trinajstić information content (AvgIpc) is 3.19. The van der Waals surface area contributed by atoms with Gasteiger partial charge in [-0.25, -0.2) is 0 Å². The summed E-state index contributed by atoms with van der Waals surface area (Å²) in [5.41, 5.74) is 4.80. The van der Waals surface area contributed by atoms with Crippen molar-refractivity contribution in [3.63, 3.8) is 0 Å². The van der Waals surface area contributed by atoms with Crippen LogP contribution in [0.1, 0.15) is 27.7 Å². The van der Waals surface area contributed by atoms with E-state index in [9.17, 15) is 0 Å². The molecule has 0 atom stereocenters. The van der Waals surface area contributed by atoms with Crippen LogP contribution in [0.5, 0.6) is 0 Å². The lowest BCUT2D eigenvalue weighted by Crippen LogP contribution is -2.41. The van der Waals surface area contributed by atoms with Crippen LogP contribution in [0, 0.1) is 0 Å². The zero-order valence-corrected chi connectivity index (χ0v) is 17.9. The van der Waals surface area contributed by atoms with Gasteiger partial charge in [-0.1, -0.05) is 66.7 Å². The highest BCUT2D eigenvalue weighted by molar-refractivity contribution is 6.67. The van der Waals surface area contributed by atoms with Gasteiger partial charge in [0.05, 0.1) is 22.4 Å². The van der Waals surface area contributed by atoms with Crippen molar-refractivity contribution in [1.29, 1.82) is 0 Å². The van der Waals surface area contributed by atoms with Crippen molar-refractivity contribution in [1.82, 2.24) is 4.57 Å². The summed E-state index contributed by atoms with van der Waals surface area (Å²) in [5.74, 6) is 0. The Morgan fingerprint density at radius 3 is 1.83 bits per heavy atom. The first-order chi connectivity index (χ1) is 14.4. The largest absolute Gasteiger partial charge is 0.497 e. The summed E-state index contributed by atoms with van der Waals surface area (Å²) in [6.45, 7) is 8.41. The van der Waals surface area contributed by atoms with Crippen LogP contribution in [0.2, 0.25) is 0 Å². The number of hydrogen-bond acceptors (Lipinski definition) is 2. The second-order valence-electron chi connectivity index (χ2n) is 8.90. The minimum atomic E-state index is -0.444. The van der Waals surface area contributed by atoms with Crippen LogP contribution in [0.25, 0.3) is 27.8 Å². The maximum atomic E-state index is 6.53. The van der Waals surface area contributed by atoms with E-state index in [1.165, 1.54) is 0 Å². The molecule has 0 spiro atoms. The van der Waals surface area contributed by atoms with Crippen molar-refractivity contribution in [2.24, 2.45) is 0 Å². The van der Waals surface area contributed by atoms with E-state index in [4.69, 9.17) is 9.31 Å². The first-order valence-electron chi connectivity index (χ1n) is 10.5. The SMILES string of the molecule is CC1(C)OB(c2c(-c3ccccc3)n(-c3ccccc3)c3ccccc23)OC1(C)C. The van der Waals surface area contributed by atoms with Crippen molar-refractivity contribution >= 4 is 23.5 Å². The highest BCUT2D eigenvalue weighted by Gasteiger charge is 2.53. The molecule has 3 nitrogen and oxygen atoms in total. The van der Waals surface area contributed by atoms with Gasteiger partial charge in [-0.15, -0.1) is 0 Å². The summed E-state index contributed by atoms with van der Waals surface area (Å²) >= 11 is 0. The van der Waals surface area contributed by atoms with E-state index < -0.39 is 18.3 Å². The molecule has 2 heterocycles. The molecule has 0 amide bonds. The lowest BCUT2D eigenvalue weighted by atomic mass is 9.75. The first kappa shape index (κ1) is 19.2. The highest BCUT2D eigenvalue weighted by Crippen LogP contribution is 2.39. The van der Waals surface area contributed by atoms with Gasteiger partial charge in [-0.3, -0.25) is 0 Å². The van der Waals surface area contributed by atoms with E-state index in [-0.39, 0.29) is 0 Å². The van der Waals surface area contributed by atoms with Gasteiger partial charge in [-0.05, 0) is 51.5 Å². The zero-order chi connectivity index (χ0) is 20.9. The van der Waals surface area contributed by atoms with Crippen molar-refractivity contribution in [2.45, 2.75) is 38.9 Å². The van der Waals surface area contributed by atoms with Gasteiger partial charge < -0.3 is 13.9 Å². The van der Waals surface area contributed by atoms with Crippen molar-refractivity contribution in [3.05, 3.63) is 84.9 Å². The summed E-state index contributed by atoms with van der Waals surface area (Å²) in [5, 5.41) is 1.15. The molecule has 5 rings (SSSR count). The quantitative estimate of drug-likeness (QED) is 0.422. The molecule has 0 N–H and O–H groups in total. The van der Waals surface area contributed by atoms with Crippen molar-refractivity contribution in [2.75, 3.05) is 0 Å². The van der Waals surface area contributed by atoms with Crippen LogP contribution in [0.15, 0.2) is 84.9 Å². The number of benzene rings is 3. The fraction of sp³-hybridized carbons (Fsp3) is 0.231. The maximum Gasteiger partial charge on any atom is 0.497 e. The third-order valence-corrected chi connectivity index (χ3v) is 6.46. The third kappa shape index (κ3) is 2.91. The number of rotatable bonds is 3. The number of hydrogen-bond donors (Lipinski definition) is 0. The molecule has 0 bridgehead atoms. The molecule has 1 fully saturated rings. The van der Waals surface area contributed by atoms with E-state index in [0.29, 0.717) is 0 Å². The monoisotopic (exact) mass is 395 g/mol. The lowest BCUT2D eigenvalue weighted by molar-refractivity contribution is 0.00578. The molecule has 30 heavy (non-hydrogen) atoms. The minimum absolute atomic E-state index is 0.401. The van der Waals surface area contributed by atoms with Gasteiger partial charge in [-0.2, -0.15) is 0 Å². The summed E-state index contributed by atoms with van der Waals surface area (Å²) in [6.07, 6.45) is 0. The van der Waals surface area contributed by atoms with E-state index in [0.717, 1.165) is 33.3 Å². The predicted octanol–water partition coefficient (Wildman–Crippen LogP) is 5.60. The standard InChI is InChI=1S/C26H26BNO2/c1-25(2)26(3,4)30-27(29-25)23-21-17-11-12-18-22(21)28(20-15-9-6-10-16-20)24(23)19-13-7-5-8-14-19/h5-18H,1-4H3. The molecule has 0 unspecified atom stereocenters. The smallest absolute Gasteiger partial charge is 0.399 e. The molecular weight excluding hydrogens is 369 g/mol. The van der Waals surface area contributed by atoms with Gasteiger partial charge >= 0.3 is 7.12 Å². The maximum absolute atomic E-state index is 6.53. The topological polar surface area (TPSA) is 23.4 Å². The van der Waals surface area contributed by atoms with Crippen molar-refractivity contribution < 1.29 is 9.31 Å². The van der Waals surface area contributed by atoms with Gasteiger partial charge in [0.1, 0.15) is 0 Å². The van der Waals surface area contributed by atoms with E-state index in [1.807, 2.05) is 12.1 Å². The van der Waals surface area contributed by atoms with Crippen LogP contribution < -0.4 is 5.46 Å². The van der Waals surface area contributed by atoms with Crippen LogP contribution in [-0.2, 0) is 9.31 Å². The number of para-hydroxylation sites is 2. The Balaban J connectivity index is 1.85. The summed E-state index contributed by atoms with van der Waals surface area (Å²) < 4.78 is 15.4. The molecule has 0 saturated carbocycles. The Kier molecular flexibility index (Phi) is 4.39.